The van der Waals surface area contributed by atoms with Crippen molar-refractivity contribution < 1.29 is 9.53 Å². The Bertz CT molecular complexity index is 639. The van der Waals surface area contributed by atoms with Crippen LogP contribution in [0.5, 0.6) is 0 Å². The maximum absolute atomic E-state index is 11.9. The van der Waals surface area contributed by atoms with Gasteiger partial charge in [0.05, 0.1) is 24.2 Å². The molecule has 2 aromatic rings. The number of fused-ring (bicyclic) bond motifs is 1. The Kier molecular flexibility index (Phi) is 2.32. The van der Waals surface area contributed by atoms with E-state index in [0.29, 0.717) is 13.2 Å². The summed E-state index contributed by atoms with van der Waals surface area (Å²) in [6.45, 7) is 4.59. The van der Waals surface area contributed by atoms with Gasteiger partial charge in [0.2, 0.25) is 0 Å². The predicted octanol–water partition coefficient (Wildman–Crippen LogP) is 1.74. The minimum Gasteiger partial charge on any atom is -0.378 e. The summed E-state index contributed by atoms with van der Waals surface area (Å²) >= 11 is 0. The Morgan fingerprint density at radius 2 is 2.17 bits per heavy atom. The van der Waals surface area contributed by atoms with E-state index in [1.165, 1.54) is 0 Å². The Balaban J connectivity index is 2.16. The van der Waals surface area contributed by atoms with Gasteiger partial charge in [0.25, 0.3) is 0 Å². The van der Waals surface area contributed by atoms with Gasteiger partial charge >= 0.3 is 0 Å². The number of carbonyl (C=O) groups excluding carboxylic acids is 1. The lowest BCUT2D eigenvalue weighted by atomic mass is 9.75. The van der Waals surface area contributed by atoms with Crippen LogP contribution in [-0.4, -0.2) is 28.5 Å². The number of hydrogen-bond donors (Lipinski definition) is 0. The lowest BCUT2D eigenvalue weighted by molar-refractivity contribution is -0.140. The number of Topliss-reactive ketones (excluding diaryl/α,β-unsaturated/α-hetero) is 1. The standard InChI is InChI=1S/C14H16N2O2/c1-9(17)14(7-18-8-14)11-4-5-13-12(6-11)15-10(2)16(13)3/h4-6H,7-8H2,1-3H3. The highest BCUT2D eigenvalue weighted by Crippen LogP contribution is 2.34. The van der Waals surface area contributed by atoms with E-state index in [0.717, 1.165) is 22.4 Å². The van der Waals surface area contributed by atoms with Crippen LogP contribution in [0.15, 0.2) is 18.2 Å². The van der Waals surface area contributed by atoms with Crippen molar-refractivity contribution in [1.82, 2.24) is 9.55 Å². The second-order valence-electron chi connectivity index (χ2n) is 5.05. The number of nitrogens with zero attached hydrogens (tertiary/aromatic N) is 2. The molecule has 0 atom stereocenters. The molecular weight excluding hydrogens is 228 g/mol. The molecule has 3 rings (SSSR count). The third-order valence-electron chi connectivity index (χ3n) is 4.03. The average Bonchev–Trinajstić information content (AvgIpc) is 2.52. The van der Waals surface area contributed by atoms with E-state index >= 15 is 0 Å². The zero-order valence-corrected chi connectivity index (χ0v) is 10.9. The van der Waals surface area contributed by atoms with Crippen LogP contribution in [0.4, 0.5) is 0 Å². The van der Waals surface area contributed by atoms with Crippen LogP contribution >= 0.6 is 0 Å². The van der Waals surface area contributed by atoms with Crippen LogP contribution in [0.2, 0.25) is 0 Å². The molecule has 18 heavy (non-hydrogen) atoms. The van der Waals surface area contributed by atoms with Gasteiger partial charge in [0.1, 0.15) is 17.0 Å². The van der Waals surface area contributed by atoms with Crippen molar-refractivity contribution in [3.05, 3.63) is 29.6 Å². The number of aryl methyl sites for hydroxylation is 2. The molecule has 0 bridgehead atoms. The van der Waals surface area contributed by atoms with E-state index in [4.69, 9.17) is 4.74 Å². The second-order valence-corrected chi connectivity index (χ2v) is 5.05. The van der Waals surface area contributed by atoms with Crippen molar-refractivity contribution in [2.45, 2.75) is 19.3 Å². The summed E-state index contributed by atoms with van der Waals surface area (Å²) in [5, 5.41) is 0. The zero-order valence-electron chi connectivity index (χ0n) is 10.9. The first kappa shape index (κ1) is 11.4. The van der Waals surface area contributed by atoms with Gasteiger partial charge in [-0.1, -0.05) is 6.07 Å². The van der Waals surface area contributed by atoms with Crippen molar-refractivity contribution in [2.75, 3.05) is 13.2 Å². The van der Waals surface area contributed by atoms with Gasteiger partial charge in [-0.2, -0.15) is 0 Å². The summed E-state index contributed by atoms with van der Waals surface area (Å²) in [6, 6.07) is 6.08. The van der Waals surface area contributed by atoms with Crippen molar-refractivity contribution in [3.63, 3.8) is 0 Å². The first-order valence-corrected chi connectivity index (χ1v) is 6.07. The molecular formula is C14H16N2O2. The largest absolute Gasteiger partial charge is 0.378 e. The van der Waals surface area contributed by atoms with Gasteiger partial charge in [0.15, 0.2) is 0 Å². The van der Waals surface area contributed by atoms with Crippen LogP contribution in [-0.2, 0) is 22.0 Å². The normalized spacial score (nSPS) is 17.7. The Morgan fingerprint density at radius 1 is 1.44 bits per heavy atom. The fourth-order valence-electron chi connectivity index (χ4n) is 2.50. The molecule has 0 aliphatic carbocycles. The van der Waals surface area contributed by atoms with Crippen LogP contribution in [0.3, 0.4) is 0 Å². The van der Waals surface area contributed by atoms with Crippen LogP contribution in [0.25, 0.3) is 11.0 Å². The number of imidazole rings is 1. The number of benzene rings is 1. The van der Waals surface area contributed by atoms with Crippen molar-refractivity contribution >= 4 is 16.8 Å². The van der Waals surface area contributed by atoms with Crippen molar-refractivity contribution in [2.24, 2.45) is 7.05 Å². The molecule has 0 amide bonds. The maximum atomic E-state index is 11.9. The monoisotopic (exact) mass is 244 g/mol. The lowest BCUT2D eigenvalue weighted by Crippen LogP contribution is -2.52. The molecule has 1 aromatic heterocycles. The fourth-order valence-corrected chi connectivity index (χ4v) is 2.50. The minimum atomic E-state index is -0.445. The fraction of sp³-hybridized carbons (Fsp3) is 0.429. The molecule has 4 heteroatoms. The highest BCUT2D eigenvalue weighted by atomic mass is 16.5. The highest BCUT2D eigenvalue weighted by molar-refractivity contribution is 5.91. The number of hydrogen-bond acceptors (Lipinski definition) is 3. The summed E-state index contributed by atoms with van der Waals surface area (Å²) in [5.41, 5.74) is 2.61. The van der Waals surface area contributed by atoms with E-state index in [1.807, 2.05) is 32.2 Å². The van der Waals surface area contributed by atoms with Gasteiger partial charge in [0, 0.05) is 7.05 Å². The third kappa shape index (κ3) is 1.35. The second kappa shape index (κ2) is 3.65. The number of carbonyl (C=O) groups is 1. The van der Waals surface area contributed by atoms with E-state index in [-0.39, 0.29) is 5.78 Å². The zero-order chi connectivity index (χ0) is 12.9. The van der Waals surface area contributed by atoms with Gasteiger partial charge in [-0.05, 0) is 31.5 Å². The third-order valence-corrected chi connectivity index (χ3v) is 4.03. The van der Waals surface area contributed by atoms with Gasteiger partial charge in [-0.25, -0.2) is 4.98 Å². The molecule has 0 radical (unpaired) electrons. The topological polar surface area (TPSA) is 44.1 Å². The van der Waals surface area contributed by atoms with Crippen LogP contribution in [0, 0.1) is 6.92 Å². The first-order chi connectivity index (χ1) is 8.54. The van der Waals surface area contributed by atoms with E-state index in [1.54, 1.807) is 6.92 Å². The number of aromatic nitrogens is 2. The number of rotatable bonds is 2. The molecule has 2 heterocycles. The van der Waals surface area contributed by atoms with Crippen molar-refractivity contribution in [3.8, 4) is 0 Å². The van der Waals surface area contributed by atoms with Crippen molar-refractivity contribution in [1.29, 1.82) is 0 Å². The SMILES string of the molecule is CC(=O)C1(c2ccc3c(c2)nc(C)n3C)COC1. The predicted molar refractivity (Wildman–Crippen MR) is 68.6 cm³/mol. The summed E-state index contributed by atoms with van der Waals surface area (Å²) in [5.74, 6) is 1.14. The van der Waals surface area contributed by atoms with Gasteiger partial charge < -0.3 is 9.30 Å². The molecule has 1 aromatic carbocycles. The molecule has 1 aliphatic rings. The van der Waals surface area contributed by atoms with E-state index in [2.05, 4.69) is 9.55 Å². The summed E-state index contributed by atoms with van der Waals surface area (Å²) in [6.07, 6.45) is 0. The molecule has 0 saturated carbocycles. The Morgan fingerprint density at radius 3 is 2.72 bits per heavy atom. The average molecular weight is 244 g/mol. The molecule has 1 saturated heterocycles. The summed E-state index contributed by atoms with van der Waals surface area (Å²) < 4.78 is 7.30. The number of ether oxygens (including phenoxy) is 1. The van der Waals surface area contributed by atoms with E-state index < -0.39 is 5.41 Å². The smallest absolute Gasteiger partial charge is 0.145 e. The highest BCUT2D eigenvalue weighted by Gasteiger charge is 2.45. The first-order valence-electron chi connectivity index (χ1n) is 6.07. The Hall–Kier alpha value is -1.68. The molecule has 0 spiro atoms. The molecule has 4 nitrogen and oxygen atoms in total. The molecule has 94 valence electrons. The molecule has 0 N–H and O–H groups in total. The molecule has 0 unspecified atom stereocenters. The Labute approximate surface area is 106 Å². The maximum Gasteiger partial charge on any atom is 0.145 e. The van der Waals surface area contributed by atoms with Crippen LogP contribution < -0.4 is 0 Å². The lowest BCUT2D eigenvalue weighted by Gasteiger charge is -2.39. The quantitative estimate of drug-likeness (QED) is 0.808. The summed E-state index contributed by atoms with van der Waals surface area (Å²) in [7, 11) is 2.00. The van der Waals surface area contributed by atoms with Crippen LogP contribution in [0.1, 0.15) is 18.3 Å². The van der Waals surface area contributed by atoms with Gasteiger partial charge in [-0.15, -0.1) is 0 Å². The number of ketones is 1. The minimum absolute atomic E-state index is 0.167. The van der Waals surface area contributed by atoms with E-state index in [9.17, 15) is 4.79 Å². The van der Waals surface area contributed by atoms with Gasteiger partial charge in [-0.3, -0.25) is 4.79 Å². The molecule has 1 aliphatic heterocycles. The molecule has 1 fully saturated rings. The summed E-state index contributed by atoms with van der Waals surface area (Å²) in [4.78, 5) is 16.4.